The van der Waals surface area contributed by atoms with Gasteiger partial charge in [-0.15, -0.1) is 0 Å². The second kappa shape index (κ2) is 8.90. The van der Waals surface area contributed by atoms with E-state index in [0.717, 1.165) is 12.8 Å². The molecule has 14 heavy (non-hydrogen) atoms. The van der Waals surface area contributed by atoms with Crippen LogP contribution in [0.3, 0.4) is 0 Å². The summed E-state index contributed by atoms with van der Waals surface area (Å²) >= 11 is 0. The number of amides is 1. The Kier molecular flexibility index (Phi) is 8.47. The van der Waals surface area contributed by atoms with Crippen LogP contribution < -0.4 is 5.32 Å². The van der Waals surface area contributed by atoms with Gasteiger partial charge in [-0.25, -0.2) is 0 Å². The number of nitrogens with one attached hydrogen (secondary N) is 1. The third kappa shape index (κ3) is 7.94. The summed E-state index contributed by atoms with van der Waals surface area (Å²) in [6.07, 6.45) is 2.39. The number of carbonyl (C=O) groups excluding carboxylic acids is 1. The van der Waals surface area contributed by atoms with Crippen LogP contribution in [0, 0.1) is 5.92 Å². The minimum atomic E-state index is -0.141. The molecular formula is C9H18FNO3. The van der Waals surface area contributed by atoms with E-state index in [1.165, 1.54) is 6.92 Å². The van der Waals surface area contributed by atoms with Crippen LogP contribution in [0.5, 0.6) is 0 Å². The van der Waals surface area contributed by atoms with Crippen molar-refractivity contribution in [1.29, 1.82) is 0 Å². The third-order valence-electron chi connectivity index (χ3n) is 1.97. The van der Waals surface area contributed by atoms with Crippen molar-refractivity contribution in [2.75, 3.05) is 19.8 Å². The monoisotopic (exact) mass is 207 g/mol. The van der Waals surface area contributed by atoms with Crippen molar-refractivity contribution >= 4 is 5.91 Å². The van der Waals surface area contributed by atoms with Gasteiger partial charge in [0.05, 0.1) is 6.61 Å². The molecule has 4 nitrogen and oxygen atoms in total. The quantitative estimate of drug-likeness (QED) is 0.579. The molecule has 1 atom stereocenters. The summed E-state index contributed by atoms with van der Waals surface area (Å²) in [6.45, 7) is 1.97. The molecule has 84 valence electrons. The molecule has 0 saturated heterocycles. The molecule has 0 aliphatic heterocycles. The number of rotatable bonds is 8. The molecule has 0 fully saturated rings. The maximum Gasteiger partial charge on any atom is 0.216 e. The lowest BCUT2D eigenvalue weighted by Gasteiger charge is -2.10. The van der Waals surface area contributed by atoms with E-state index in [0.29, 0.717) is 13.0 Å². The number of hydrogen-bond donors (Lipinski definition) is 2. The van der Waals surface area contributed by atoms with Crippen LogP contribution in [-0.2, 0) is 9.74 Å². The molecule has 0 spiro atoms. The maximum absolute atomic E-state index is 11.4. The molecule has 0 bridgehead atoms. The molecule has 0 aromatic heterocycles. The van der Waals surface area contributed by atoms with Crippen molar-refractivity contribution in [1.82, 2.24) is 5.32 Å². The highest BCUT2D eigenvalue weighted by atomic mass is 19.3. The van der Waals surface area contributed by atoms with E-state index in [4.69, 9.17) is 5.11 Å². The first-order chi connectivity index (χ1) is 6.70. The average Bonchev–Trinajstić information content (AvgIpc) is 2.15. The SMILES string of the molecule is CC(=O)NCCCCC(CO)COF. The maximum atomic E-state index is 11.4. The zero-order valence-corrected chi connectivity index (χ0v) is 8.46. The van der Waals surface area contributed by atoms with Gasteiger partial charge in [-0.3, -0.25) is 4.79 Å². The van der Waals surface area contributed by atoms with Crippen molar-refractivity contribution in [2.24, 2.45) is 5.92 Å². The van der Waals surface area contributed by atoms with Gasteiger partial charge in [-0.1, -0.05) is 6.42 Å². The Morgan fingerprint density at radius 3 is 2.79 bits per heavy atom. The van der Waals surface area contributed by atoms with Gasteiger partial charge in [0.15, 0.2) is 0 Å². The predicted octanol–water partition coefficient (Wildman–Crippen LogP) is 0.802. The van der Waals surface area contributed by atoms with Gasteiger partial charge in [0, 0.05) is 26.0 Å². The highest BCUT2D eigenvalue weighted by Crippen LogP contribution is 2.08. The molecule has 0 saturated carbocycles. The first kappa shape index (κ1) is 13.3. The average molecular weight is 207 g/mol. The minimum Gasteiger partial charge on any atom is -0.396 e. The van der Waals surface area contributed by atoms with E-state index in [-0.39, 0.29) is 25.0 Å². The fraction of sp³-hybridized carbons (Fsp3) is 0.889. The first-order valence-electron chi connectivity index (χ1n) is 4.79. The molecule has 0 aromatic carbocycles. The molecule has 0 aromatic rings. The fourth-order valence-electron chi connectivity index (χ4n) is 1.14. The Hall–Kier alpha value is -0.680. The predicted molar refractivity (Wildman–Crippen MR) is 50.2 cm³/mol. The van der Waals surface area contributed by atoms with Crippen LogP contribution in [0.1, 0.15) is 26.2 Å². The first-order valence-corrected chi connectivity index (χ1v) is 4.79. The smallest absolute Gasteiger partial charge is 0.216 e. The number of carbonyl (C=O) groups is 1. The Labute approximate surface area is 83.3 Å². The number of hydrogen-bond acceptors (Lipinski definition) is 3. The van der Waals surface area contributed by atoms with Gasteiger partial charge >= 0.3 is 0 Å². The third-order valence-corrected chi connectivity index (χ3v) is 1.97. The van der Waals surface area contributed by atoms with Gasteiger partial charge in [0.1, 0.15) is 0 Å². The van der Waals surface area contributed by atoms with Crippen LogP contribution in [-0.4, -0.2) is 30.8 Å². The topological polar surface area (TPSA) is 58.6 Å². The summed E-state index contributed by atoms with van der Waals surface area (Å²) < 4.78 is 11.4. The summed E-state index contributed by atoms with van der Waals surface area (Å²) in [7, 11) is 0. The van der Waals surface area contributed by atoms with E-state index in [2.05, 4.69) is 10.3 Å². The second-order valence-electron chi connectivity index (χ2n) is 3.30. The molecule has 2 N–H and O–H groups in total. The van der Waals surface area contributed by atoms with Crippen LogP contribution in [0.4, 0.5) is 4.53 Å². The molecular weight excluding hydrogens is 189 g/mol. The van der Waals surface area contributed by atoms with Gasteiger partial charge in [-0.2, -0.15) is 4.94 Å². The minimum absolute atomic E-state index is 0.0456. The number of aliphatic hydroxyl groups excluding tert-OH is 1. The van der Waals surface area contributed by atoms with Crippen molar-refractivity contribution < 1.29 is 19.4 Å². The Balaban J connectivity index is 3.28. The van der Waals surface area contributed by atoms with Crippen molar-refractivity contribution in [3.63, 3.8) is 0 Å². The van der Waals surface area contributed by atoms with Crippen molar-refractivity contribution in [3.8, 4) is 0 Å². The lowest BCUT2D eigenvalue weighted by molar-refractivity contribution is -0.149. The van der Waals surface area contributed by atoms with E-state index in [1.54, 1.807) is 0 Å². The molecule has 1 unspecified atom stereocenters. The molecule has 1 amide bonds. The van der Waals surface area contributed by atoms with E-state index in [1.807, 2.05) is 0 Å². The summed E-state index contributed by atoms with van der Waals surface area (Å²) in [4.78, 5) is 13.9. The molecule has 5 heteroatoms. The fourth-order valence-corrected chi connectivity index (χ4v) is 1.14. The van der Waals surface area contributed by atoms with Gasteiger partial charge in [-0.05, 0) is 17.4 Å². The molecule has 0 aliphatic carbocycles. The van der Waals surface area contributed by atoms with Gasteiger partial charge in [0.2, 0.25) is 5.91 Å². The summed E-state index contributed by atoms with van der Waals surface area (Å²) in [6, 6.07) is 0. The highest BCUT2D eigenvalue weighted by molar-refractivity contribution is 5.72. The second-order valence-corrected chi connectivity index (χ2v) is 3.30. The molecule has 0 aliphatic rings. The molecule has 0 heterocycles. The molecule has 0 rings (SSSR count). The Morgan fingerprint density at radius 2 is 2.29 bits per heavy atom. The van der Waals surface area contributed by atoms with Crippen LogP contribution in [0.2, 0.25) is 0 Å². The van der Waals surface area contributed by atoms with E-state index in [9.17, 15) is 9.32 Å². The molecule has 0 radical (unpaired) electrons. The largest absolute Gasteiger partial charge is 0.396 e. The lowest BCUT2D eigenvalue weighted by Crippen LogP contribution is -2.21. The number of unbranched alkanes of at least 4 members (excludes halogenated alkanes) is 1. The van der Waals surface area contributed by atoms with Crippen LogP contribution >= 0.6 is 0 Å². The number of aliphatic hydroxyl groups is 1. The van der Waals surface area contributed by atoms with Crippen LogP contribution in [0.25, 0.3) is 0 Å². The number of halogens is 1. The van der Waals surface area contributed by atoms with Gasteiger partial charge < -0.3 is 10.4 Å². The van der Waals surface area contributed by atoms with Gasteiger partial charge in [0.25, 0.3) is 0 Å². The van der Waals surface area contributed by atoms with E-state index >= 15 is 0 Å². The zero-order chi connectivity index (χ0) is 10.8. The summed E-state index contributed by atoms with van der Waals surface area (Å²) in [5.41, 5.74) is 0. The zero-order valence-electron chi connectivity index (χ0n) is 8.46. The Bertz CT molecular complexity index is 155. The van der Waals surface area contributed by atoms with E-state index < -0.39 is 0 Å². The summed E-state index contributed by atoms with van der Waals surface area (Å²) in [5.74, 6) is -0.187. The van der Waals surface area contributed by atoms with Crippen molar-refractivity contribution in [2.45, 2.75) is 26.2 Å². The standard InChI is InChI=1S/C9H18FNO3/c1-8(13)11-5-3-2-4-9(6-12)7-14-10/h9,12H,2-7H2,1H3,(H,11,13). The highest BCUT2D eigenvalue weighted by Gasteiger charge is 2.07. The summed E-state index contributed by atoms with van der Waals surface area (Å²) in [5, 5.41) is 11.4. The Morgan fingerprint density at radius 1 is 1.57 bits per heavy atom. The van der Waals surface area contributed by atoms with Crippen LogP contribution in [0.15, 0.2) is 0 Å². The van der Waals surface area contributed by atoms with Crippen molar-refractivity contribution in [3.05, 3.63) is 0 Å². The normalized spacial score (nSPS) is 12.5. The lowest BCUT2D eigenvalue weighted by atomic mass is 10.0.